The number of fused-ring (bicyclic) bond motifs is 1. The minimum absolute atomic E-state index is 0.0320. The second-order valence-electron chi connectivity index (χ2n) is 17.9. The Labute approximate surface area is 297 Å². The number of hydrogen-bond acceptors (Lipinski definition) is 9. The maximum absolute atomic E-state index is 9.34. The zero-order valence-corrected chi connectivity index (χ0v) is 35.7. The van der Waals surface area contributed by atoms with Crippen LogP contribution in [-0.2, 0) is 18.0 Å². The summed E-state index contributed by atoms with van der Waals surface area (Å²) in [5.74, 6) is 0.817. The lowest BCUT2D eigenvalue weighted by Crippen LogP contribution is -2.54. The minimum atomic E-state index is -2.36. The van der Waals surface area contributed by atoms with Crippen LogP contribution in [0.4, 0.5) is 0 Å². The van der Waals surface area contributed by atoms with Crippen LogP contribution in [-0.4, -0.2) is 76.5 Å². The summed E-state index contributed by atoms with van der Waals surface area (Å²) in [6, 6.07) is 9.36. The van der Waals surface area contributed by atoms with Gasteiger partial charge in [-0.1, -0.05) is 62.3 Å². The summed E-state index contributed by atoms with van der Waals surface area (Å²) >= 11 is 0. The van der Waals surface area contributed by atoms with Gasteiger partial charge in [0.25, 0.3) is 0 Å². The van der Waals surface area contributed by atoms with Crippen molar-refractivity contribution in [1.29, 1.82) is 5.26 Å². The Hall–Kier alpha value is -2.45. The van der Waals surface area contributed by atoms with Crippen molar-refractivity contribution < 1.29 is 22.8 Å². The SMILES string of the molecule is COc1nc(-c2ccc(C#N)cc2)nc2c1ncn2[C@@H]1O[C@H](CO[Si](C)(C)C(C)(C)C)[C@@H](O[Si](C)(C)C(C)(C)C)[C@H]1O[Si](C)(C)C(C)(C)C. The Morgan fingerprint density at radius 2 is 1.33 bits per heavy atom. The molecule has 4 rings (SSSR count). The highest BCUT2D eigenvalue weighted by atomic mass is 28.4. The summed E-state index contributed by atoms with van der Waals surface area (Å²) in [4.78, 5) is 14.5. The molecule has 49 heavy (non-hydrogen) atoms. The predicted octanol–water partition coefficient (Wildman–Crippen LogP) is 9.07. The van der Waals surface area contributed by atoms with Gasteiger partial charge in [-0.3, -0.25) is 4.57 Å². The largest absolute Gasteiger partial charge is 0.479 e. The van der Waals surface area contributed by atoms with Crippen molar-refractivity contribution in [1.82, 2.24) is 19.5 Å². The molecular formula is C36H59N5O5Si3. The zero-order chi connectivity index (χ0) is 37.0. The fourth-order valence-corrected chi connectivity index (χ4v) is 8.54. The molecule has 3 aromatic rings. The van der Waals surface area contributed by atoms with Gasteiger partial charge in [0.1, 0.15) is 18.3 Å². The van der Waals surface area contributed by atoms with Crippen molar-refractivity contribution in [2.75, 3.05) is 13.7 Å². The summed E-state index contributed by atoms with van der Waals surface area (Å²) in [5.41, 5.74) is 2.41. The van der Waals surface area contributed by atoms with E-state index in [1.807, 2.05) is 16.7 Å². The molecular weight excluding hydrogens is 667 g/mol. The van der Waals surface area contributed by atoms with Crippen LogP contribution in [0.15, 0.2) is 30.6 Å². The number of hydrogen-bond donors (Lipinski definition) is 0. The van der Waals surface area contributed by atoms with Crippen LogP contribution < -0.4 is 4.74 Å². The highest BCUT2D eigenvalue weighted by Crippen LogP contribution is 2.47. The van der Waals surface area contributed by atoms with Crippen LogP contribution in [0.5, 0.6) is 5.88 Å². The van der Waals surface area contributed by atoms with Gasteiger partial charge in [0.2, 0.25) is 5.88 Å². The lowest BCUT2D eigenvalue weighted by molar-refractivity contribution is -0.0470. The van der Waals surface area contributed by atoms with E-state index in [1.165, 1.54) is 0 Å². The molecule has 13 heteroatoms. The Kier molecular flexibility index (Phi) is 10.9. The van der Waals surface area contributed by atoms with Gasteiger partial charge < -0.3 is 22.8 Å². The molecule has 270 valence electrons. The molecule has 0 radical (unpaired) electrons. The molecule has 1 aliphatic rings. The molecule has 4 atom stereocenters. The second kappa shape index (κ2) is 13.6. The number of ether oxygens (including phenoxy) is 2. The third kappa shape index (κ3) is 8.06. The summed E-state index contributed by atoms with van der Waals surface area (Å²) in [7, 11) is -5.22. The lowest BCUT2D eigenvalue weighted by Gasteiger charge is -2.44. The van der Waals surface area contributed by atoms with E-state index in [-0.39, 0.29) is 27.3 Å². The molecule has 0 amide bonds. The topological polar surface area (TPSA) is 114 Å². The fraction of sp³-hybridized carbons (Fsp3) is 0.667. The van der Waals surface area contributed by atoms with Crippen molar-refractivity contribution in [3.8, 4) is 23.3 Å². The first-order chi connectivity index (χ1) is 22.3. The third-order valence-corrected chi connectivity index (χ3v) is 24.8. The van der Waals surface area contributed by atoms with E-state index >= 15 is 0 Å². The molecule has 0 saturated carbocycles. The van der Waals surface area contributed by atoms with E-state index in [2.05, 4.69) is 113 Å². The van der Waals surface area contributed by atoms with E-state index in [0.717, 1.165) is 5.56 Å². The number of nitrogens with zero attached hydrogens (tertiary/aromatic N) is 5. The van der Waals surface area contributed by atoms with Gasteiger partial charge in [-0.05, 0) is 78.7 Å². The Balaban J connectivity index is 1.91. The first kappa shape index (κ1) is 39.3. The quantitative estimate of drug-likeness (QED) is 0.189. The molecule has 0 N–H and O–H groups in total. The van der Waals surface area contributed by atoms with Crippen LogP contribution in [0.3, 0.4) is 0 Å². The minimum Gasteiger partial charge on any atom is -0.479 e. The van der Waals surface area contributed by atoms with Gasteiger partial charge >= 0.3 is 0 Å². The second-order valence-corrected chi connectivity index (χ2v) is 32.2. The van der Waals surface area contributed by atoms with Crippen molar-refractivity contribution in [3.63, 3.8) is 0 Å². The van der Waals surface area contributed by atoms with Gasteiger partial charge in [-0.2, -0.15) is 10.2 Å². The molecule has 0 bridgehead atoms. The average Bonchev–Trinajstić information content (AvgIpc) is 3.54. The highest BCUT2D eigenvalue weighted by molar-refractivity contribution is 6.75. The van der Waals surface area contributed by atoms with Gasteiger partial charge in [0, 0.05) is 5.56 Å². The molecule has 1 aliphatic heterocycles. The molecule has 3 heterocycles. The molecule has 1 saturated heterocycles. The number of nitriles is 1. The standard InChI is InChI=1S/C36H59N5O5Si3/c1-34(2,3)47(11,12)43-22-26-28(45-48(13,14)35(4,5)6)29(46-49(15,16)36(7,8)9)33(44-26)41-23-38-27-31(41)39-30(40-32(27)42-10)25-19-17-24(21-37)18-20-25/h17-20,23,26,28-29,33H,22H2,1-16H3/t26-,28-,29-,33-/m1/s1. The first-order valence-electron chi connectivity index (χ1n) is 17.3. The van der Waals surface area contributed by atoms with Crippen LogP contribution in [0, 0.1) is 11.3 Å². The van der Waals surface area contributed by atoms with Crippen molar-refractivity contribution >= 4 is 36.1 Å². The van der Waals surface area contributed by atoms with Gasteiger partial charge in [-0.25, -0.2) is 9.97 Å². The van der Waals surface area contributed by atoms with Gasteiger partial charge in [-0.15, -0.1) is 0 Å². The van der Waals surface area contributed by atoms with Crippen molar-refractivity contribution in [2.45, 2.75) is 141 Å². The first-order valence-corrected chi connectivity index (χ1v) is 26.0. The van der Waals surface area contributed by atoms with Gasteiger partial charge in [0.05, 0.1) is 31.7 Å². The van der Waals surface area contributed by atoms with E-state index in [1.54, 1.807) is 25.6 Å². The van der Waals surface area contributed by atoms with E-state index in [9.17, 15) is 5.26 Å². The van der Waals surface area contributed by atoms with Crippen LogP contribution in [0.1, 0.15) is 74.1 Å². The fourth-order valence-electron chi connectivity index (χ4n) is 4.92. The summed E-state index contributed by atoms with van der Waals surface area (Å²) in [6.45, 7) is 34.3. The third-order valence-electron chi connectivity index (χ3n) is 11.3. The zero-order valence-electron chi connectivity index (χ0n) is 32.7. The molecule has 0 aliphatic carbocycles. The van der Waals surface area contributed by atoms with Gasteiger partial charge in [0.15, 0.2) is 48.2 Å². The molecule has 1 fully saturated rings. The Bertz CT molecular complexity index is 1660. The van der Waals surface area contributed by atoms with E-state index < -0.39 is 37.3 Å². The van der Waals surface area contributed by atoms with E-state index in [0.29, 0.717) is 35.0 Å². The molecule has 0 spiro atoms. The number of rotatable bonds is 10. The average molecular weight is 726 g/mol. The highest BCUT2D eigenvalue weighted by Gasteiger charge is 2.55. The molecule has 2 aromatic heterocycles. The van der Waals surface area contributed by atoms with Crippen LogP contribution >= 0.6 is 0 Å². The number of benzene rings is 1. The number of aromatic nitrogens is 4. The van der Waals surface area contributed by atoms with Crippen molar-refractivity contribution in [2.24, 2.45) is 0 Å². The molecule has 1 aromatic carbocycles. The summed E-state index contributed by atoms with van der Waals surface area (Å²) < 4.78 is 36.3. The predicted molar refractivity (Wildman–Crippen MR) is 203 cm³/mol. The molecule has 0 unspecified atom stereocenters. The Morgan fingerprint density at radius 3 is 1.82 bits per heavy atom. The van der Waals surface area contributed by atoms with E-state index in [4.69, 9.17) is 32.7 Å². The lowest BCUT2D eigenvalue weighted by atomic mass is 10.1. The van der Waals surface area contributed by atoms with Crippen LogP contribution in [0.2, 0.25) is 54.4 Å². The Morgan fingerprint density at radius 1 is 0.796 bits per heavy atom. The molecule has 10 nitrogen and oxygen atoms in total. The number of imidazole rings is 1. The number of methoxy groups -OCH3 is 1. The van der Waals surface area contributed by atoms with Crippen LogP contribution in [0.25, 0.3) is 22.6 Å². The normalized spacial score (nSPS) is 21.3. The van der Waals surface area contributed by atoms with Crippen molar-refractivity contribution in [3.05, 3.63) is 36.2 Å². The summed E-state index contributed by atoms with van der Waals surface area (Å²) in [6.07, 6.45) is -0.0846. The summed E-state index contributed by atoms with van der Waals surface area (Å²) in [5, 5.41) is 9.29. The maximum Gasteiger partial charge on any atom is 0.245 e. The smallest absolute Gasteiger partial charge is 0.245 e. The maximum atomic E-state index is 9.34. The monoisotopic (exact) mass is 725 g/mol.